The summed E-state index contributed by atoms with van der Waals surface area (Å²) < 4.78 is 39.2. The zero-order valence-electron chi connectivity index (χ0n) is 9.14. The molecule has 0 nitrogen and oxygen atoms in total. The lowest BCUT2D eigenvalue weighted by Crippen LogP contribution is -2.04. The maximum absolute atomic E-state index is 12.7. The van der Waals surface area contributed by atoms with Crippen LogP contribution in [-0.2, 0) is 6.18 Å². The van der Waals surface area contributed by atoms with Crippen LogP contribution in [0.3, 0.4) is 0 Å². The molecule has 102 valence electrons. The topological polar surface area (TPSA) is 0 Å². The van der Waals surface area contributed by atoms with E-state index in [1.165, 1.54) is 0 Å². The summed E-state index contributed by atoms with van der Waals surface area (Å²) in [5.41, 5.74) is 0.105. The van der Waals surface area contributed by atoms with E-state index in [2.05, 4.69) is 38.5 Å². The molecule has 19 heavy (non-hydrogen) atoms. The molecule has 0 amide bonds. The summed E-state index contributed by atoms with van der Waals surface area (Å²) in [5.74, 6) is 0. The van der Waals surface area contributed by atoms with Crippen molar-refractivity contribution in [3.05, 3.63) is 53.7 Å². The van der Waals surface area contributed by atoms with Crippen LogP contribution in [0.5, 0.6) is 0 Å². The molecule has 1 heterocycles. The minimum atomic E-state index is -4.37. The van der Waals surface area contributed by atoms with Crippen molar-refractivity contribution in [3.63, 3.8) is 0 Å². The Morgan fingerprint density at radius 2 is 2.00 bits per heavy atom. The zero-order valence-corrected chi connectivity index (χ0v) is 14.5. The first-order chi connectivity index (χ1) is 8.80. The van der Waals surface area contributed by atoms with Crippen LogP contribution in [0.25, 0.3) is 0 Å². The highest BCUT2D eigenvalue weighted by molar-refractivity contribution is 14.1. The normalized spacial score (nSPS) is 13.6. The Hall–Kier alpha value is 0.210. The molecule has 0 saturated heterocycles. The predicted octanol–water partition coefficient (Wildman–Crippen LogP) is 6.46. The fourth-order valence-corrected chi connectivity index (χ4v) is 4.60. The van der Waals surface area contributed by atoms with Crippen molar-refractivity contribution in [1.29, 1.82) is 0 Å². The molecular weight excluding hydrogens is 475 g/mol. The third-order valence-electron chi connectivity index (χ3n) is 2.43. The highest BCUT2D eigenvalue weighted by atomic mass is 127. The van der Waals surface area contributed by atoms with E-state index in [1.807, 2.05) is 18.2 Å². The first kappa shape index (κ1) is 15.6. The second kappa shape index (κ2) is 5.91. The smallest absolute Gasteiger partial charge is 0.166 e. The summed E-state index contributed by atoms with van der Waals surface area (Å²) in [6.45, 7) is 0. The van der Waals surface area contributed by atoms with Crippen LogP contribution in [0, 0.1) is 3.57 Å². The summed E-state index contributed by atoms with van der Waals surface area (Å²) in [4.78, 5) is 0.469. The molecule has 0 N–H and O–H groups in total. The van der Waals surface area contributed by atoms with Gasteiger partial charge in [-0.3, -0.25) is 0 Å². The van der Waals surface area contributed by atoms with Gasteiger partial charge in [0.05, 0.1) is 10.9 Å². The molecule has 0 fully saturated rings. The molecule has 0 aliphatic rings. The van der Waals surface area contributed by atoms with Crippen LogP contribution in [0.4, 0.5) is 13.2 Å². The fourth-order valence-electron chi connectivity index (χ4n) is 1.54. The molecule has 0 aliphatic heterocycles. The van der Waals surface area contributed by atoms with Gasteiger partial charge in [-0.2, -0.15) is 13.2 Å². The van der Waals surface area contributed by atoms with Crippen molar-refractivity contribution < 1.29 is 13.2 Å². The highest BCUT2D eigenvalue weighted by Crippen LogP contribution is 2.45. The van der Waals surface area contributed by atoms with Gasteiger partial charge >= 0.3 is 6.18 Å². The van der Waals surface area contributed by atoms with Crippen LogP contribution < -0.4 is 0 Å². The van der Waals surface area contributed by atoms with Gasteiger partial charge in [0.15, 0.2) is 0 Å². The first-order valence-electron chi connectivity index (χ1n) is 5.04. The summed E-state index contributed by atoms with van der Waals surface area (Å²) in [6, 6.07) is 7.40. The number of thiophene rings is 1. The molecule has 7 heteroatoms. The average molecular weight is 482 g/mol. The molecule has 1 aromatic heterocycles. The van der Waals surface area contributed by atoms with E-state index in [0.29, 0.717) is 4.88 Å². The van der Waals surface area contributed by atoms with Gasteiger partial charge in [0.2, 0.25) is 0 Å². The van der Waals surface area contributed by atoms with Gasteiger partial charge in [0.1, 0.15) is 0 Å². The molecule has 0 aliphatic carbocycles. The maximum Gasteiger partial charge on any atom is 0.418 e. The third-order valence-corrected chi connectivity index (χ3v) is 5.87. The number of hydrogen-bond acceptors (Lipinski definition) is 1. The quantitative estimate of drug-likeness (QED) is 0.341. The Morgan fingerprint density at radius 3 is 2.53 bits per heavy atom. The molecule has 1 aromatic carbocycles. The SMILES string of the molecule is FC(F)(F)c1csc(C(Cl)c2cccc(I)c2)c1Br. The Bertz CT molecular complexity index is 597. The lowest BCUT2D eigenvalue weighted by atomic mass is 10.1. The number of alkyl halides is 4. The van der Waals surface area contributed by atoms with E-state index in [0.717, 1.165) is 25.9 Å². The Labute approximate surface area is 139 Å². The second-order valence-electron chi connectivity index (χ2n) is 3.74. The van der Waals surface area contributed by atoms with Crippen LogP contribution >= 0.6 is 61.5 Å². The van der Waals surface area contributed by atoms with Gasteiger partial charge in [0, 0.05) is 18.3 Å². The molecule has 0 bridgehead atoms. The Morgan fingerprint density at radius 1 is 1.32 bits per heavy atom. The lowest BCUT2D eigenvalue weighted by Gasteiger charge is -2.10. The van der Waals surface area contributed by atoms with Crippen LogP contribution in [0.15, 0.2) is 34.1 Å². The Kier molecular flexibility index (Phi) is 4.85. The van der Waals surface area contributed by atoms with Crippen molar-refractivity contribution in [2.75, 3.05) is 0 Å². The van der Waals surface area contributed by atoms with Crippen LogP contribution in [-0.4, -0.2) is 0 Å². The van der Waals surface area contributed by atoms with E-state index in [1.54, 1.807) is 6.07 Å². The van der Waals surface area contributed by atoms with Crippen molar-refractivity contribution in [2.45, 2.75) is 11.6 Å². The van der Waals surface area contributed by atoms with Gasteiger partial charge in [-0.1, -0.05) is 12.1 Å². The molecule has 1 atom stereocenters. The molecule has 1 unspecified atom stereocenters. The molecule has 0 spiro atoms. The molecule has 2 aromatic rings. The lowest BCUT2D eigenvalue weighted by molar-refractivity contribution is -0.137. The number of halogens is 6. The third kappa shape index (κ3) is 3.46. The van der Waals surface area contributed by atoms with Gasteiger partial charge < -0.3 is 0 Å². The summed E-state index contributed by atoms with van der Waals surface area (Å²) >= 11 is 12.4. The molecule has 0 saturated carbocycles. The van der Waals surface area contributed by atoms with Gasteiger partial charge in [-0.25, -0.2) is 0 Å². The molecular formula is C12H6BrClF3IS. The summed E-state index contributed by atoms with van der Waals surface area (Å²) in [7, 11) is 0. The van der Waals surface area contributed by atoms with E-state index >= 15 is 0 Å². The van der Waals surface area contributed by atoms with E-state index in [-0.39, 0.29) is 4.47 Å². The molecule has 2 rings (SSSR count). The minimum Gasteiger partial charge on any atom is -0.166 e. The van der Waals surface area contributed by atoms with E-state index in [9.17, 15) is 13.2 Å². The number of hydrogen-bond donors (Lipinski definition) is 0. The fraction of sp³-hybridized carbons (Fsp3) is 0.167. The van der Waals surface area contributed by atoms with Crippen molar-refractivity contribution in [3.8, 4) is 0 Å². The van der Waals surface area contributed by atoms with Gasteiger partial charge in [-0.05, 0) is 56.2 Å². The van der Waals surface area contributed by atoms with Crippen molar-refractivity contribution >= 4 is 61.5 Å². The van der Waals surface area contributed by atoms with Crippen LogP contribution in [0.2, 0.25) is 0 Å². The number of rotatable bonds is 2. The Balaban J connectivity index is 2.40. The number of benzene rings is 1. The summed E-state index contributed by atoms with van der Waals surface area (Å²) in [5, 5.41) is 0.494. The zero-order chi connectivity index (χ0) is 14.2. The monoisotopic (exact) mass is 480 g/mol. The predicted molar refractivity (Wildman–Crippen MR) is 83.9 cm³/mol. The minimum absolute atomic E-state index is 0.0314. The first-order valence-corrected chi connectivity index (χ1v) is 8.23. The summed E-state index contributed by atoms with van der Waals surface area (Å²) in [6.07, 6.45) is -4.37. The van der Waals surface area contributed by atoms with Gasteiger partial charge in [0.25, 0.3) is 0 Å². The van der Waals surface area contributed by atoms with Crippen molar-refractivity contribution in [2.24, 2.45) is 0 Å². The highest BCUT2D eigenvalue weighted by Gasteiger charge is 2.36. The van der Waals surface area contributed by atoms with E-state index < -0.39 is 17.1 Å². The maximum atomic E-state index is 12.7. The second-order valence-corrected chi connectivity index (χ2v) is 7.13. The van der Waals surface area contributed by atoms with Gasteiger partial charge in [-0.15, -0.1) is 22.9 Å². The largest absolute Gasteiger partial charge is 0.418 e. The standard InChI is InChI=1S/C12H6BrClF3IS/c13-9-8(12(15,16)17)5-19-11(9)10(14)6-2-1-3-7(18)4-6/h1-5,10H. The molecule has 0 radical (unpaired) electrons. The van der Waals surface area contributed by atoms with Crippen molar-refractivity contribution in [1.82, 2.24) is 0 Å². The van der Waals surface area contributed by atoms with Crippen LogP contribution in [0.1, 0.15) is 21.4 Å². The average Bonchev–Trinajstić information content (AvgIpc) is 2.70. The van der Waals surface area contributed by atoms with E-state index in [4.69, 9.17) is 11.6 Å².